The Labute approximate surface area is 118 Å². The summed E-state index contributed by atoms with van der Waals surface area (Å²) >= 11 is 3.65. The zero-order valence-electron chi connectivity index (χ0n) is 11.2. The molecule has 2 N–H and O–H groups in total. The molecular formula is C14H22BrN3. The van der Waals surface area contributed by atoms with Crippen LogP contribution < -0.4 is 5.73 Å². The Morgan fingerprint density at radius 3 is 2.78 bits per heavy atom. The molecule has 100 valence electrons. The predicted octanol–water partition coefficient (Wildman–Crippen LogP) is 2.04. The van der Waals surface area contributed by atoms with Crippen LogP contribution in [0.3, 0.4) is 0 Å². The fourth-order valence-corrected chi connectivity index (χ4v) is 3.03. The fraction of sp³-hybridized carbons (Fsp3) is 0.571. The number of benzene rings is 1. The van der Waals surface area contributed by atoms with E-state index in [9.17, 15) is 0 Å². The average Bonchev–Trinajstić information content (AvgIpc) is 2.34. The van der Waals surface area contributed by atoms with E-state index >= 15 is 0 Å². The van der Waals surface area contributed by atoms with E-state index in [1.807, 2.05) is 0 Å². The van der Waals surface area contributed by atoms with Crippen molar-refractivity contribution in [3.05, 3.63) is 33.8 Å². The van der Waals surface area contributed by atoms with E-state index in [2.05, 4.69) is 57.9 Å². The standard InChI is InChI=1S/C14H22BrN3/c1-11-9-17(2)5-6-18(11)10-13-4-3-12(8-16)7-14(13)15/h3-4,7,11H,5-6,8-10,16H2,1-2H3. The van der Waals surface area contributed by atoms with Crippen LogP contribution in [-0.2, 0) is 13.1 Å². The van der Waals surface area contributed by atoms with Gasteiger partial charge in [-0.2, -0.15) is 0 Å². The van der Waals surface area contributed by atoms with Crippen molar-refractivity contribution in [2.45, 2.75) is 26.1 Å². The van der Waals surface area contributed by atoms with Crippen LogP contribution in [0.5, 0.6) is 0 Å². The third-order valence-corrected chi connectivity index (χ3v) is 4.43. The SMILES string of the molecule is CC1CN(C)CCN1Cc1ccc(CN)cc1Br. The summed E-state index contributed by atoms with van der Waals surface area (Å²) in [5.41, 5.74) is 8.18. The molecule has 1 aromatic carbocycles. The van der Waals surface area contributed by atoms with Gasteiger partial charge in [-0.25, -0.2) is 0 Å². The van der Waals surface area contributed by atoms with E-state index in [0.29, 0.717) is 12.6 Å². The van der Waals surface area contributed by atoms with Crippen LogP contribution in [0.2, 0.25) is 0 Å². The van der Waals surface area contributed by atoms with Crippen LogP contribution in [-0.4, -0.2) is 42.5 Å². The van der Waals surface area contributed by atoms with Crippen LogP contribution in [0.1, 0.15) is 18.1 Å². The van der Waals surface area contributed by atoms with Crippen molar-refractivity contribution < 1.29 is 0 Å². The Morgan fingerprint density at radius 1 is 1.39 bits per heavy atom. The Hall–Kier alpha value is -0.420. The maximum Gasteiger partial charge on any atom is 0.0248 e. The molecule has 4 heteroatoms. The van der Waals surface area contributed by atoms with Gasteiger partial charge >= 0.3 is 0 Å². The molecule has 1 aromatic rings. The molecule has 1 aliphatic rings. The molecular weight excluding hydrogens is 290 g/mol. The highest BCUT2D eigenvalue weighted by Gasteiger charge is 2.21. The van der Waals surface area contributed by atoms with Crippen LogP contribution in [0, 0.1) is 0 Å². The number of nitrogens with two attached hydrogens (primary N) is 1. The molecule has 3 nitrogen and oxygen atoms in total. The summed E-state index contributed by atoms with van der Waals surface area (Å²) in [5.74, 6) is 0. The highest BCUT2D eigenvalue weighted by Crippen LogP contribution is 2.22. The molecule has 1 atom stereocenters. The molecule has 2 rings (SSSR count). The summed E-state index contributed by atoms with van der Waals surface area (Å²) in [6.45, 7) is 7.37. The highest BCUT2D eigenvalue weighted by atomic mass is 79.9. The first-order valence-electron chi connectivity index (χ1n) is 6.50. The molecule has 0 aromatic heterocycles. The normalized spacial score (nSPS) is 22.3. The number of hydrogen-bond acceptors (Lipinski definition) is 3. The summed E-state index contributed by atoms with van der Waals surface area (Å²) in [6.07, 6.45) is 0. The minimum Gasteiger partial charge on any atom is -0.326 e. The van der Waals surface area contributed by atoms with Gasteiger partial charge in [-0.3, -0.25) is 4.90 Å². The van der Waals surface area contributed by atoms with Crippen molar-refractivity contribution in [2.75, 3.05) is 26.7 Å². The molecule has 0 amide bonds. The van der Waals surface area contributed by atoms with E-state index in [0.717, 1.165) is 26.2 Å². The molecule has 0 bridgehead atoms. The molecule has 18 heavy (non-hydrogen) atoms. The second kappa shape index (κ2) is 6.15. The molecule has 0 aliphatic carbocycles. The lowest BCUT2D eigenvalue weighted by atomic mass is 10.1. The van der Waals surface area contributed by atoms with Gasteiger partial charge in [-0.15, -0.1) is 0 Å². The van der Waals surface area contributed by atoms with Gasteiger partial charge < -0.3 is 10.6 Å². The maximum atomic E-state index is 5.65. The minimum atomic E-state index is 0.601. The second-order valence-electron chi connectivity index (χ2n) is 5.21. The van der Waals surface area contributed by atoms with Crippen molar-refractivity contribution in [3.63, 3.8) is 0 Å². The molecule has 0 radical (unpaired) electrons. The number of rotatable bonds is 3. The highest BCUT2D eigenvalue weighted by molar-refractivity contribution is 9.10. The largest absolute Gasteiger partial charge is 0.326 e. The Kier molecular flexibility index (Phi) is 4.78. The molecule has 1 heterocycles. The quantitative estimate of drug-likeness (QED) is 0.927. The first-order chi connectivity index (χ1) is 8.60. The monoisotopic (exact) mass is 311 g/mol. The van der Waals surface area contributed by atoms with Gasteiger partial charge in [0.25, 0.3) is 0 Å². The summed E-state index contributed by atoms with van der Waals surface area (Å²) < 4.78 is 1.18. The Morgan fingerprint density at radius 2 is 2.17 bits per heavy atom. The van der Waals surface area contributed by atoms with E-state index in [-0.39, 0.29) is 0 Å². The van der Waals surface area contributed by atoms with Crippen LogP contribution in [0.25, 0.3) is 0 Å². The average molecular weight is 312 g/mol. The number of halogens is 1. The molecule has 1 aliphatic heterocycles. The zero-order valence-corrected chi connectivity index (χ0v) is 12.8. The number of hydrogen-bond donors (Lipinski definition) is 1. The van der Waals surface area contributed by atoms with Gasteiger partial charge in [-0.05, 0) is 31.2 Å². The summed E-state index contributed by atoms with van der Waals surface area (Å²) in [7, 11) is 2.19. The van der Waals surface area contributed by atoms with Crippen LogP contribution in [0.15, 0.2) is 22.7 Å². The summed E-state index contributed by atoms with van der Waals surface area (Å²) in [6, 6.07) is 7.07. The lowest BCUT2D eigenvalue weighted by Crippen LogP contribution is -2.49. The van der Waals surface area contributed by atoms with Gasteiger partial charge in [0, 0.05) is 43.2 Å². The lowest BCUT2D eigenvalue weighted by molar-refractivity contribution is 0.0936. The Balaban J connectivity index is 2.05. The van der Waals surface area contributed by atoms with E-state index < -0.39 is 0 Å². The zero-order chi connectivity index (χ0) is 13.1. The van der Waals surface area contributed by atoms with Gasteiger partial charge in [-0.1, -0.05) is 28.1 Å². The smallest absolute Gasteiger partial charge is 0.0248 e. The van der Waals surface area contributed by atoms with Gasteiger partial charge in [0.05, 0.1) is 0 Å². The first-order valence-corrected chi connectivity index (χ1v) is 7.29. The van der Waals surface area contributed by atoms with Crippen molar-refractivity contribution in [1.82, 2.24) is 9.80 Å². The maximum absolute atomic E-state index is 5.65. The first kappa shape index (κ1) is 14.0. The van der Waals surface area contributed by atoms with Crippen molar-refractivity contribution >= 4 is 15.9 Å². The summed E-state index contributed by atoms with van der Waals surface area (Å²) in [5, 5.41) is 0. The third-order valence-electron chi connectivity index (χ3n) is 3.69. The topological polar surface area (TPSA) is 32.5 Å². The van der Waals surface area contributed by atoms with E-state index in [1.165, 1.54) is 15.6 Å². The molecule has 1 fully saturated rings. The van der Waals surface area contributed by atoms with Crippen LogP contribution >= 0.6 is 15.9 Å². The van der Waals surface area contributed by atoms with E-state index in [1.54, 1.807) is 0 Å². The Bertz CT molecular complexity index is 408. The van der Waals surface area contributed by atoms with Gasteiger partial charge in [0.15, 0.2) is 0 Å². The van der Waals surface area contributed by atoms with Crippen molar-refractivity contribution in [1.29, 1.82) is 0 Å². The summed E-state index contributed by atoms with van der Waals surface area (Å²) in [4.78, 5) is 4.94. The lowest BCUT2D eigenvalue weighted by Gasteiger charge is -2.38. The molecule has 0 saturated carbocycles. The van der Waals surface area contributed by atoms with E-state index in [4.69, 9.17) is 5.73 Å². The van der Waals surface area contributed by atoms with Crippen molar-refractivity contribution in [2.24, 2.45) is 5.73 Å². The predicted molar refractivity (Wildman–Crippen MR) is 79.4 cm³/mol. The second-order valence-corrected chi connectivity index (χ2v) is 6.07. The van der Waals surface area contributed by atoms with Crippen molar-refractivity contribution in [3.8, 4) is 0 Å². The number of nitrogens with zero attached hydrogens (tertiary/aromatic N) is 2. The number of piperazine rings is 1. The fourth-order valence-electron chi connectivity index (χ4n) is 2.48. The van der Waals surface area contributed by atoms with Crippen LogP contribution in [0.4, 0.5) is 0 Å². The number of likely N-dealkylation sites (N-methyl/N-ethyl adjacent to an activating group) is 1. The molecule has 0 spiro atoms. The molecule has 1 unspecified atom stereocenters. The van der Waals surface area contributed by atoms with Gasteiger partial charge in [0.2, 0.25) is 0 Å². The minimum absolute atomic E-state index is 0.601. The van der Waals surface area contributed by atoms with Gasteiger partial charge in [0.1, 0.15) is 0 Å². The third kappa shape index (κ3) is 3.32. The molecule has 1 saturated heterocycles.